The number of piperidine rings is 1. The van der Waals surface area contributed by atoms with Gasteiger partial charge in [0, 0.05) is 19.1 Å². The van der Waals surface area contributed by atoms with Gasteiger partial charge in [0.05, 0.1) is 11.3 Å². The first-order valence-corrected chi connectivity index (χ1v) is 7.51. The maximum Gasteiger partial charge on any atom is 0.101 e. The van der Waals surface area contributed by atoms with Crippen molar-refractivity contribution in [2.75, 3.05) is 18.5 Å². The van der Waals surface area contributed by atoms with Gasteiger partial charge in [-0.25, -0.2) is 0 Å². The third-order valence-corrected chi connectivity index (χ3v) is 4.47. The first-order valence-electron chi connectivity index (χ1n) is 7.51. The van der Waals surface area contributed by atoms with E-state index in [0.717, 1.165) is 24.3 Å². The fraction of sp³-hybridized carbons (Fsp3) is 0.588. The molecule has 3 nitrogen and oxygen atoms in total. The molecule has 1 saturated heterocycles. The molecule has 2 rings (SSSR count). The van der Waals surface area contributed by atoms with Crippen LogP contribution in [0.3, 0.4) is 0 Å². The monoisotopic (exact) mass is 271 g/mol. The van der Waals surface area contributed by atoms with Crippen LogP contribution in [0.15, 0.2) is 18.2 Å². The molecule has 108 valence electrons. The molecule has 0 radical (unpaired) electrons. The molecule has 20 heavy (non-hydrogen) atoms. The van der Waals surface area contributed by atoms with Gasteiger partial charge in [0.1, 0.15) is 6.07 Å². The van der Waals surface area contributed by atoms with Crippen LogP contribution in [0.2, 0.25) is 0 Å². The Morgan fingerprint density at radius 2 is 2.10 bits per heavy atom. The zero-order valence-electron chi connectivity index (χ0n) is 13.0. The lowest BCUT2D eigenvalue weighted by Gasteiger charge is -2.43. The standard InChI is InChI=1S/C17H25N3/c1-12-7-13(2)14(3)20(11-12)17-6-5-15(10-19-4)8-16(17)9-18/h5-6,8,12-14,19H,7,10-11H2,1-4H3. The van der Waals surface area contributed by atoms with Gasteiger partial charge in [-0.05, 0) is 49.9 Å². The Balaban J connectivity index is 2.34. The fourth-order valence-corrected chi connectivity index (χ4v) is 3.27. The van der Waals surface area contributed by atoms with Crippen molar-refractivity contribution in [1.29, 1.82) is 5.26 Å². The molecule has 0 amide bonds. The lowest BCUT2D eigenvalue weighted by atomic mass is 9.85. The van der Waals surface area contributed by atoms with Crippen molar-refractivity contribution in [2.24, 2.45) is 11.8 Å². The minimum atomic E-state index is 0.494. The van der Waals surface area contributed by atoms with Gasteiger partial charge in [-0.3, -0.25) is 0 Å². The van der Waals surface area contributed by atoms with Gasteiger partial charge < -0.3 is 10.2 Å². The number of nitrogens with zero attached hydrogens (tertiary/aromatic N) is 2. The van der Waals surface area contributed by atoms with Crippen LogP contribution in [0, 0.1) is 23.2 Å². The van der Waals surface area contributed by atoms with E-state index in [9.17, 15) is 5.26 Å². The van der Waals surface area contributed by atoms with E-state index >= 15 is 0 Å². The topological polar surface area (TPSA) is 39.1 Å². The molecule has 3 unspecified atom stereocenters. The van der Waals surface area contributed by atoms with Crippen LogP contribution in [0.4, 0.5) is 5.69 Å². The SMILES string of the molecule is CNCc1ccc(N2CC(C)CC(C)C2C)c(C#N)c1. The molecular formula is C17H25N3. The second kappa shape index (κ2) is 6.28. The van der Waals surface area contributed by atoms with Crippen molar-refractivity contribution in [3.63, 3.8) is 0 Å². The van der Waals surface area contributed by atoms with E-state index in [0.29, 0.717) is 17.9 Å². The quantitative estimate of drug-likeness (QED) is 0.918. The van der Waals surface area contributed by atoms with E-state index in [1.807, 2.05) is 13.1 Å². The Labute approximate surface area is 122 Å². The summed E-state index contributed by atoms with van der Waals surface area (Å²) in [5.74, 6) is 1.35. The highest BCUT2D eigenvalue weighted by Gasteiger charge is 2.30. The second-order valence-corrected chi connectivity index (χ2v) is 6.20. The molecule has 1 aliphatic rings. The molecule has 1 heterocycles. The summed E-state index contributed by atoms with van der Waals surface area (Å²) >= 11 is 0. The van der Waals surface area contributed by atoms with E-state index < -0.39 is 0 Å². The number of anilines is 1. The Morgan fingerprint density at radius 1 is 1.35 bits per heavy atom. The van der Waals surface area contributed by atoms with Crippen molar-refractivity contribution in [1.82, 2.24) is 5.32 Å². The van der Waals surface area contributed by atoms with Gasteiger partial charge in [-0.2, -0.15) is 5.26 Å². The van der Waals surface area contributed by atoms with Crippen LogP contribution in [0.25, 0.3) is 0 Å². The molecule has 1 aromatic carbocycles. The van der Waals surface area contributed by atoms with Crippen LogP contribution in [-0.4, -0.2) is 19.6 Å². The number of nitriles is 1. The number of hydrogen-bond donors (Lipinski definition) is 1. The Hall–Kier alpha value is -1.53. The Bertz CT molecular complexity index is 503. The molecule has 3 heteroatoms. The van der Waals surface area contributed by atoms with E-state index in [4.69, 9.17) is 0 Å². The van der Waals surface area contributed by atoms with Crippen LogP contribution < -0.4 is 10.2 Å². The van der Waals surface area contributed by atoms with Gasteiger partial charge in [-0.15, -0.1) is 0 Å². The van der Waals surface area contributed by atoms with Crippen LogP contribution in [0.5, 0.6) is 0 Å². The molecule has 1 fully saturated rings. The largest absolute Gasteiger partial charge is 0.367 e. The van der Waals surface area contributed by atoms with Gasteiger partial charge in [0.25, 0.3) is 0 Å². The zero-order valence-corrected chi connectivity index (χ0v) is 13.0. The van der Waals surface area contributed by atoms with Crippen LogP contribution in [-0.2, 0) is 6.54 Å². The molecule has 1 aliphatic heterocycles. The van der Waals surface area contributed by atoms with E-state index in [-0.39, 0.29) is 0 Å². The summed E-state index contributed by atoms with van der Waals surface area (Å²) in [6, 6.07) is 9.13. The molecule has 0 saturated carbocycles. The van der Waals surface area contributed by atoms with Crippen LogP contribution >= 0.6 is 0 Å². The predicted octanol–water partition coefficient (Wildman–Crippen LogP) is 3.15. The van der Waals surface area contributed by atoms with Crippen molar-refractivity contribution >= 4 is 5.69 Å². The van der Waals surface area contributed by atoms with E-state index in [1.54, 1.807) is 0 Å². The summed E-state index contributed by atoms with van der Waals surface area (Å²) in [6.07, 6.45) is 1.28. The lowest BCUT2D eigenvalue weighted by Crippen LogP contribution is -2.46. The van der Waals surface area contributed by atoms with E-state index in [2.05, 4.69) is 49.2 Å². The number of hydrogen-bond acceptors (Lipinski definition) is 3. The second-order valence-electron chi connectivity index (χ2n) is 6.20. The summed E-state index contributed by atoms with van der Waals surface area (Å²) in [6.45, 7) is 8.74. The van der Waals surface area contributed by atoms with Gasteiger partial charge in [0.15, 0.2) is 0 Å². The first-order chi connectivity index (χ1) is 9.56. The number of nitrogens with one attached hydrogen (secondary N) is 1. The fourth-order valence-electron chi connectivity index (χ4n) is 3.27. The number of benzene rings is 1. The molecule has 0 aliphatic carbocycles. The van der Waals surface area contributed by atoms with E-state index in [1.165, 1.54) is 12.0 Å². The molecule has 1 aromatic rings. The van der Waals surface area contributed by atoms with Gasteiger partial charge >= 0.3 is 0 Å². The zero-order chi connectivity index (χ0) is 14.7. The summed E-state index contributed by atoms with van der Waals surface area (Å²) in [5.41, 5.74) is 3.06. The Kier molecular flexibility index (Phi) is 4.67. The van der Waals surface area contributed by atoms with Crippen molar-refractivity contribution in [3.05, 3.63) is 29.3 Å². The maximum absolute atomic E-state index is 9.46. The van der Waals surface area contributed by atoms with Crippen molar-refractivity contribution < 1.29 is 0 Å². The average Bonchev–Trinajstić information content (AvgIpc) is 2.43. The summed E-state index contributed by atoms with van der Waals surface area (Å²) in [4.78, 5) is 2.42. The van der Waals surface area contributed by atoms with Crippen molar-refractivity contribution in [3.8, 4) is 6.07 Å². The molecular weight excluding hydrogens is 246 g/mol. The van der Waals surface area contributed by atoms with Gasteiger partial charge in [-0.1, -0.05) is 19.9 Å². The summed E-state index contributed by atoms with van der Waals surface area (Å²) in [5, 5.41) is 12.6. The lowest BCUT2D eigenvalue weighted by molar-refractivity contribution is 0.297. The summed E-state index contributed by atoms with van der Waals surface area (Å²) in [7, 11) is 1.93. The average molecular weight is 271 g/mol. The summed E-state index contributed by atoms with van der Waals surface area (Å²) < 4.78 is 0. The highest BCUT2D eigenvalue weighted by Crippen LogP contribution is 2.33. The third-order valence-electron chi connectivity index (χ3n) is 4.47. The number of rotatable bonds is 3. The smallest absolute Gasteiger partial charge is 0.101 e. The minimum Gasteiger partial charge on any atom is -0.367 e. The normalized spacial score (nSPS) is 26.4. The molecule has 0 spiro atoms. The molecule has 3 atom stereocenters. The molecule has 0 aromatic heterocycles. The van der Waals surface area contributed by atoms with Crippen LogP contribution in [0.1, 0.15) is 38.3 Å². The van der Waals surface area contributed by atoms with Crippen molar-refractivity contribution in [2.45, 2.75) is 39.8 Å². The third kappa shape index (κ3) is 2.96. The van der Waals surface area contributed by atoms with Gasteiger partial charge in [0.2, 0.25) is 0 Å². The molecule has 0 bridgehead atoms. The highest BCUT2D eigenvalue weighted by atomic mass is 15.2. The predicted molar refractivity (Wildman–Crippen MR) is 83.7 cm³/mol. The molecule has 1 N–H and O–H groups in total. The first kappa shape index (κ1) is 14.9. The minimum absolute atomic E-state index is 0.494. The maximum atomic E-state index is 9.46. The Morgan fingerprint density at radius 3 is 2.75 bits per heavy atom. The highest BCUT2D eigenvalue weighted by molar-refractivity contribution is 5.61.